The second-order valence-electron chi connectivity index (χ2n) is 5.40. The summed E-state index contributed by atoms with van der Waals surface area (Å²) in [5.41, 5.74) is 0.935. The van der Waals surface area contributed by atoms with Crippen molar-refractivity contribution in [2.75, 3.05) is 0 Å². The Kier molecular flexibility index (Phi) is 9.91. The topological polar surface area (TPSA) is 0 Å². The molecule has 1 atom stereocenters. The summed E-state index contributed by atoms with van der Waals surface area (Å²) in [6.45, 7) is 11.8. The number of allylic oxidation sites excluding steroid dienone is 2. The Morgan fingerprint density at radius 1 is 0.882 bits per heavy atom. The normalized spacial score (nSPS) is 14.4. The molecule has 17 heavy (non-hydrogen) atoms. The van der Waals surface area contributed by atoms with Gasteiger partial charge in [-0.25, -0.2) is 0 Å². The molecule has 0 aromatic rings. The number of rotatable bonds is 10. The summed E-state index contributed by atoms with van der Waals surface area (Å²) in [5, 5.41) is 0. The molecule has 0 saturated carbocycles. The Balaban J connectivity index is 4.47. The van der Waals surface area contributed by atoms with Crippen molar-refractivity contribution < 1.29 is 0 Å². The third-order valence-electron chi connectivity index (χ3n) is 4.69. The van der Waals surface area contributed by atoms with E-state index in [2.05, 4.69) is 46.8 Å². The van der Waals surface area contributed by atoms with E-state index < -0.39 is 8.07 Å². The molecule has 0 aromatic carbocycles. The maximum absolute atomic E-state index is 2.54. The molecule has 102 valence electrons. The Hall–Kier alpha value is -0.0431. The van der Waals surface area contributed by atoms with Crippen LogP contribution in [0.5, 0.6) is 0 Å². The third kappa shape index (κ3) is 5.42. The summed E-state index contributed by atoms with van der Waals surface area (Å²) >= 11 is 0. The molecule has 0 aliphatic carbocycles. The Bertz CT molecular complexity index is 183. The zero-order chi connectivity index (χ0) is 13.1. The first-order chi connectivity index (χ1) is 8.20. The van der Waals surface area contributed by atoms with Crippen LogP contribution in [0.15, 0.2) is 12.2 Å². The van der Waals surface area contributed by atoms with E-state index in [1.54, 1.807) is 0 Å². The van der Waals surface area contributed by atoms with Gasteiger partial charge in [0.05, 0.1) is 8.07 Å². The van der Waals surface area contributed by atoms with E-state index in [9.17, 15) is 0 Å². The third-order valence-corrected chi connectivity index (χ3v) is 11.0. The monoisotopic (exact) mass is 254 g/mol. The van der Waals surface area contributed by atoms with Crippen molar-refractivity contribution in [1.29, 1.82) is 0 Å². The average molecular weight is 255 g/mol. The standard InChI is InChI=1S/C16H34Si/c1-6-11-12-13-15-16(14-7-2)17(8-3,9-4)10-5/h7,14,16H,6,8-13,15H2,1-5H3/b14-7+/t16-/m1/s1. The summed E-state index contributed by atoms with van der Waals surface area (Å²) in [7, 11) is -1.01. The highest BCUT2D eigenvalue weighted by Gasteiger charge is 2.33. The fourth-order valence-corrected chi connectivity index (χ4v) is 7.66. The van der Waals surface area contributed by atoms with Crippen LogP contribution in [0, 0.1) is 0 Å². The lowest BCUT2D eigenvalue weighted by Crippen LogP contribution is -2.36. The van der Waals surface area contributed by atoms with Crippen molar-refractivity contribution in [2.24, 2.45) is 0 Å². The minimum atomic E-state index is -1.01. The van der Waals surface area contributed by atoms with Crippen LogP contribution in [0.4, 0.5) is 0 Å². The SMILES string of the molecule is C/C=C/[C@H](CCCCCC)[Si](CC)(CC)CC. The highest BCUT2D eigenvalue weighted by molar-refractivity contribution is 6.81. The molecule has 0 bridgehead atoms. The number of hydrogen-bond acceptors (Lipinski definition) is 0. The van der Waals surface area contributed by atoms with E-state index in [0.29, 0.717) is 0 Å². The smallest absolute Gasteiger partial charge is 0.0596 e. The second kappa shape index (κ2) is 9.93. The van der Waals surface area contributed by atoms with E-state index in [0.717, 1.165) is 5.54 Å². The predicted octanol–water partition coefficient (Wildman–Crippen LogP) is 6.41. The van der Waals surface area contributed by atoms with Gasteiger partial charge in [-0.15, -0.1) is 0 Å². The molecule has 1 heteroatoms. The lowest BCUT2D eigenvalue weighted by molar-refractivity contribution is 0.628. The molecule has 0 spiro atoms. The summed E-state index contributed by atoms with van der Waals surface area (Å²) in [6.07, 6.45) is 11.9. The van der Waals surface area contributed by atoms with Crippen molar-refractivity contribution >= 4 is 8.07 Å². The lowest BCUT2D eigenvalue weighted by Gasteiger charge is -2.35. The zero-order valence-corrected chi connectivity index (χ0v) is 13.9. The van der Waals surface area contributed by atoms with Gasteiger partial charge in [-0.2, -0.15) is 0 Å². The minimum absolute atomic E-state index is 0.935. The van der Waals surface area contributed by atoms with Crippen molar-refractivity contribution in [2.45, 2.75) is 90.4 Å². The summed E-state index contributed by atoms with van der Waals surface area (Å²) in [6, 6.07) is 4.38. The molecule has 0 rings (SSSR count). The van der Waals surface area contributed by atoms with Crippen LogP contribution in [0.3, 0.4) is 0 Å². The molecule has 0 N–H and O–H groups in total. The molecular formula is C16H34Si. The molecular weight excluding hydrogens is 220 g/mol. The van der Waals surface area contributed by atoms with Gasteiger partial charge in [-0.1, -0.05) is 83.7 Å². The van der Waals surface area contributed by atoms with E-state index in [4.69, 9.17) is 0 Å². The van der Waals surface area contributed by atoms with Crippen molar-refractivity contribution in [3.05, 3.63) is 12.2 Å². The molecule has 0 aromatic heterocycles. The van der Waals surface area contributed by atoms with Gasteiger partial charge in [0.15, 0.2) is 0 Å². The highest BCUT2D eigenvalue weighted by Crippen LogP contribution is 2.38. The Morgan fingerprint density at radius 2 is 1.47 bits per heavy atom. The zero-order valence-electron chi connectivity index (χ0n) is 12.9. The maximum Gasteiger partial charge on any atom is 0.0596 e. The van der Waals surface area contributed by atoms with Crippen LogP contribution < -0.4 is 0 Å². The van der Waals surface area contributed by atoms with Crippen LogP contribution in [0.1, 0.15) is 66.7 Å². The van der Waals surface area contributed by atoms with Gasteiger partial charge in [-0.05, 0) is 18.9 Å². The fraction of sp³-hybridized carbons (Fsp3) is 0.875. The molecule has 0 unspecified atom stereocenters. The van der Waals surface area contributed by atoms with Crippen LogP contribution in [0.2, 0.25) is 23.7 Å². The Morgan fingerprint density at radius 3 is 1.88 bits per heavy atom. The molecule has 0 nitrogen and oxygen atoms in total. The van der Waals surface area contributed by atoms with Crippen molar-refractivity contribution in [3.63, 3.8) is 0 Å². The number of hydrogen-bond donors (Lipinski definition) is 0. The predicted molar refractivity (Wildman–Crippen MR) is 84.5 cm³/mol. The maximum atomic E-state index is 2.54. The van der Waals surface area contributed by atoms with Crippen LogP contribution in [-0.4, -0.2) is 8.07 Å². The first-order valence-electron chi connectivity index (χ1n) is 7.83. The molecule has 0 aliphatic heterocycles. The fourth-order valence-electron chi connectivity index (χ4n) is 3.17. The highest BCUT2D eigenvalue weighted by atomic mass is 28.3. The van der Waals surface area contributed by atoms with Gasteiger partial charge >= 0.3 is 0 Å². The van der Waals surface area contributed by atoms with Gasteiger partial charge in [0.25, 0.3) is 0 Å². The van der Waals surface area contributed by atoms with Crippen LogP contribution >= 0.6 is 0 Å². The van der Waals surface area contributed by atoms with E-state index >= 15 is 0 Å². The van der Waals surface area contributed by atoms with Crippen LogP contribution in [0.25, 0.3) is 0 Å². The summed E-state index contributed by atoms with van der Waals surface area (Å²) < 4.78 is 0. The van der Waals surface area contributed by atoms with Crippen LogP contribution in [-0.2, 0) is 0 Å². The summed E-state index contributed by atoms with van der Waals surface area (Å²) in [4.78, 5) is 0. The van der Waals surface area contributed by atoms with Crippen molar-refractivity contribution in [3.8, 4) is 0 Å². The lowest BCUT2D eigenvalue weighted by atomic mass is 10.1. The van der Waals surface area contributed by atoms with E-state index in [1.165, 1.54) is 50.2 Å². The first kappa shape index (κ1) is 17.0. The van der Waals surface area contributed by atoms with Gasteiger partial charge in [-0.3, -0.25) is 0 Å². The molecule has 0 fully saturated rings. The number of unbranched alkanes of at least 4 members (excludes halogenated alkanes) is 3. The first-order valence-corrected chi connectivity index (χ1v) is 10.5. The van der Waals surface area contributed by atoms with Gasteiger partial charge in [0.2, 0.25) is 0 Å². The Labute approximate surface area is 111 Å². The van der Waals surface area contributed by atoms with Gasteiger partial charge in [0.1, 0.15) is 0 Å². The molecule has 0 heterocycles. The van der Waals surface area contributed by atoms with Gasteiger partial charge in [0, 0.05) is 0 Å². The van der Waals surface area contributed by atoms with Crippen molar-refractivity contribution in [1.82, 2.24) is 0 Å². The summed E-state index contributed by atoms with van der Waals surface area (Å²) in [5.74, 6) is 0. The van der Waals surface area contributed by atoms with E-state index in [-0.39, 0.29) is 0 Å². The molecule has 0 aliphatic rings. The molecule has 0 saturated heterocycles. The minimum Gasteiger partial charge on any atom is -0.0917 e. The quantitative estimate of drug-likeness (QED) is 0.240. The molecule has 0 radical (unpaired) electrons. The molecule has 0 amide bonds. The second-order valence-corrected chi connectivity index (χ2v) is 11.0. The van der Waals surface area contributed by atoms with Gasteiger partial charge < -0.3 is 0 Å². The largest absolute Gasteiger partial charge is 0.0917 e. The average Bonchev–Trinajstić information content (AvgIpc) is 2.37. The van der Waals surface area contributed by atoms with E-state index in [1.807, 2.05) is 0 Å².